The van der Waals surface area contributed by atoms with Crippen LogP contribution in [-0.2, 0) is 6.18 Å². The third-order valence-corrected chi connectivity index (χ3v) is 2.49. The van der Waals surface area contributed by atoms with Crippen molar-refractivity contribution in [2.24, 2.45) is 0 Å². The second kappa shape index (κ2) is 7.35. The summed E-state index contributed by atoms with van der Waals surface area (Å²) in [4.78, 5) is 0. The molecule has 0 saturated carbocycles. The first-order valence-electron chi connectivity index (χ1n) is 6.19. The van der Waals surface area contributed by atoms with Crippen LogP contribution in [0.2, 0.25) is 0 Å². The highest BCUT2D eigenvalue weighted by atomic mass is 19.4. The fourth-order valence-corrected chi connectivity index (χ4v) is 1.54. The molecule has 0 fully saturated rings. The van der Waals surface area contributed by atoms with E-state index < -0.39 is 11.7 Å². The molecule has 3 nitrogen and oxygen atoms in total. The molecule has 0 aliphatic carbocycles. The summed E-state index contributed by atoms with van der Waals surface area (Å²) >= 11 is 0. The van der Waals surface area contributed by atoms with Gasteiger partial charge < -0.3 is 15.2 Å². The number of aliphatic hydroxyl groups is 1. The highest BCUT2D eigenvalue weighted by Gasteiger charge is 2.30. The summed E-state index contributed by atoms with van der Waals surface area (Å²) in [7, 11) is 0. The molecular formula is C13H19F3NO2+. The van der Waals surface area contributed by atoms with E-state index in [0.29, 0.717) is 19.6 Å². The van der Waals surface area contributed by atoms with Crippen molar-refractivity contribution >= 4 is 0 Å². The van der Waals surface area contributed by atoms with Crippen molar-refractivity contribution in [1.82, 2.24) is 0 Å². The maximum absolute atomic E-state index is 12.4. The molecule has 0 amide bonds. The van der Waals surface area contributed by atoms with E-state index in [2.05, 4.69) is 0 Å². The Morgan fingerprint density at radius 1 is 1.37 bits per heavy atom. The van der Waals surface area contributed by atoms with Gasteiger partial charge in [0.25, 0.3) is 0 Å². The molecule has 0 aliphatic heterocycles. The van der Waals surface area contributed by atoms with E-state index in [1.807, 2.05) is 5.32 Å². The van der Waals surface area contributed by atoms with Gasteiger partial charge in [-0.05, 0) is 25.1 Å². The van der Waals surface area contributed by atoms with Gasteiger partial charge >= 0.3 is 6.18 Å². The molecule has 1 atom stereocenters. The normalized spacial score (nSPS) is 13.3. The van der Waals surface area contributed by atoms with E-state index in [1.54, 1.807) is 6.92 Å². The number of hydrogen-bond acceptors (Lipinski definition) is 2. The van der Waals surface area contributed by atoms with Gasteiger partial charge in [0.15, 0.2) is 0 Å². The third kappa shape index (κ3) is 6.45. The molecule has 0 heterocycles. The van der Waals surface area contributed by atoms with Crippen LogP contribution in [0.25, 0.3) is 0 Å². The van der Waals surface area contributed by atoms with E-state index >= 15 is 0 Å². The predicted octanol–water partition coefficient (Wildman–Crippen LogP) is 1.42. The van der Waals surface area contributed by atoms with Crippen molar-refractivity contribution in [1.29, 1.82) is 0 Å². The van der Waals surface area contributed by atoms with Crippen LogP contribution in [0.4, 0.5) is 13.2 Å². The van der Waals surface area contributed by atoms with Crippen molar-refractivity contribution in [3.8, 4) is 5.75 Å². The van der Waals surface area contributed by atoms with E-state index in [1.165, 1.54) is 12.1 Å². The molecule has 1 aromatic rings. The van der Waals surface area contributed by atoms with E-state index in [-0.39, 0.29) is 11.9 Å². The van der Waals surface area contributed by atoms with Crippen LogP contribution in [0.1, 0.15) is 18.9 Å². The zero-order chi connectivity index (χ0) is 14.3. The minimum Gasteiger partial charge on any atom is -0.493 e. The van der Waals surface area contributed by atoms with Crippen LogP contribution < -0.4 is 10.1 Å². The van der Waals surface area contributed by atoms with Gasteiger partial charge in [0, 0.05) is 6.42 Å². The molecule has 0 saturated heterocycles. The minimum absolute atomic E-state index is 0.227. The highest BCUT2D eigenvalue weighted by molar-refractivity contribution is 5.30. The monoisotopic (exact) mass is 278 g/mol. The first-order chi connectivity index (χ1) is 8.89. The number of rotatable bonds is 7. The van der Waals surface area contributed by atoms with Crippen molar-refractivity contribution in [3.05, 3.63) is 29.8 Å². The number of alkyl halides is 3. The zero-order valence-electron chi connectivity index (χ0n) is 10.8. The van der Waals surface area contributed by atoms with Crippen molar-refractivity contribution in [2.75, 3.05) is 19.7 Å². The van der Waals surface area contributed by atoms with Crippen molar-refractivity contribution in [3.63, 3.8) is 0 Å². The number of ether oxygens (including phenoxy) is 1. The van der Waals surface area contributed by atoms with E-state index in [9.17, 15) is 13.2 Å². The molecule has 0 aliphatic rings. The molecule has 0 bridgehead atoms. The second-order valence-corrected chi connectivity index (χ2v) is 4.39. The zero-order valence-corrected chi connectivity index (χ0v) is 10.8. The molecule has 3 N–H and O–H groups in total. The first-order valence-corrected chi connectivity index (χ1v) is 6.19. The largest absolute Gasteiger partial charge is 0.493 e. The summed E-state index contributed by atoms with van der Waals surface area (Å²) < 4.78 is 42.6. The average Bonchev–Trinajstić information content (AvgIpc) is 2.32. The first kappa shape index (κ1) is 15.8. The molecule has 0 aromatic heterocycles. The fourth-order valence-electron chi connectivity index (χ4n) is 1.54. The number of aliphatic hydroxyl groups excluding tert-OH is 1. The van der Waals surface area contributed by atoms with Crippen LogP contribution in [0, 0.1) is 0 Å². The Bertz CT molecular complexity index is 380. The lowest BCUT2D eigenvalue weighted by molar-refractivity contribution is -0.660. The molecule has 19 heavy (non-hydrogen) atoms. The highest BCUT2D eigenvalue weighted by Crippen LogP contribution is 2.31. The summed E-state index contributed by atoms with van der Waals surface area (Å²) in [5.74, 6) is 0.227. The van der Waals surface area contributed by atoms with Gasteiger partial charge in [-0.1, -0.05) is 6.07 Å². The standard InChI is InChI=1S/C13H18F3NO2/c1-10(18)9-17-6-3-7-19-12-5-2-4-11(8-12)13(14,15)16/h2,4-5,8,10,17-18H,3,6-7,9H2,1H3/p+1/t10-/m0/s1. The van der Waals surface area contributed by atoms with Gasteiger partial charge in [0.1, 0.15) is 12.3 Å². The summed E-state index contributed by atoms with van der Waals surface area (Å²) in [5, 5.41) is 11.0. The van der Waals surface area contributed by atoms with E-state index in [4.69, 9.17) is 9.84 Å². The fraction of sp³-hybridized carbons (Fsp3) is 0.538. The van der Waals surface area contributed by atoms with Gasteiger partial charge in [-0.15, -0.1) is 0 Å². The smallest absolute Gasteiger partial charge is 0.416 e. The topological polar surface area (TPSA) is 46.1 Å². The lowest BCUT2D eigenvalue weighted by Crippen LogP contribution is -2.86. The summed E-state index contributed by atoms with van der Waals surface area (Å²) in [5.41, 5.74) is -0.703. The Balaban J connectivity index is 2.30. The molecule has 1 rings (SSSR count). The van der Waals surface area contributed by atoms with Gasteiger partial charge in [-0.3, -0.25) is 0 Å². The average molecular weight is 278 g/mol. The lowest BCUT2D eigenvalue weighted by Gasteiger charge is -2.10. The van der Waals surface area contributed by atoms with Crippen LogP contribution >= 0.6 is 0 Å². The van der Waals surface area contributed by atoms with Crippen LogP contribution in [0.15, 0.2) is 24.3 Å². The lowest BCUT2D eigenvalue weighted by atomic mass is 10.2. The number of quaternary nitrogens is 1. The second-order valence-electron chi connectivity index (χ2n) is 4.39. The van der Waals surface area contributed by atoms with Crippen LogP contribution in [0.3, 0.4) is 0 Å². The number of hydrogen-bond donors (Lipinski definition) is 2. The Morgan fingerprint density at radius 2 is 2.11 bits per heavy atom. The Labute approximate surface area is 110 Å². The number of benzene rings is 1. The van der Waals surface area contributed by atoms with Crippen molar-refractivity contribution < 1.29 is 28.3 Å². The molecule has 0 spiro atoms. The third-order valence-electron chi connectivity index (χ3n) is 2.49. The quantitative estimate of drug-likeness (QED) is 0.741. The summed E-state index contributed by atoms with van der Waals surface area (Å²) in [6.45, 7) is 3.45. The Hall–Kier alpha value is -1.27. The molecule has 0 radical (unpaired) electrons. The maximum Gasteiger partial charge on any atom is 0.416 e. The SMILES string of the molecule is C[C@H](O)C[NH2+]CCCOc1cccc(C(F)(F)F)c1. The number of halogens is 3. The van der Waals surface area contributed by atoms with Crippen molar-refractivity contribution in [2.45, 2.75) is 25.6 Å². The van der Waals surface area contributed by atoms with Crippen LogP contribution in [0.5, 0.6) is 5.75 Å². The predicted molar refractivity (Wildman–Crippen MR) is 64.9 cm³/mol. The van der Waals surface area contributed by atoms with E-state index in [0.717, 1.165) is 18.7 Å². The number of nitrogens with two attached hydrogens (primary N) is 1. The van der Waals surface area contributed by atoms with Gasteiger partial charge in [-0.25, -0.2) is 0 Å². The maximum atomic E-state index is 12.4. The Kier molecular flexibility index (Phi) is 6.11. The minimum atomic E-state index is -4.34. The van der Waals surface area contributed by atoms with Crippen LogP contribution in [-0.4, -0.2) is 30.9 Å². The van der Waals surface area contributed by atoms with Gasteiger partial charge in [-0.2, -0.15) is 13.2 Å². The van der Waals surface area contributed by atoms with Gasteiger partial charge in [0.2, 0.25) is 0 Å². The molecule has 0 unspecified atom stereocenters. The van der Waals surface area contributed by atoms with Gasteiger partial charge in [0.05, 0.1) is 24.8 Å². The molecular weight excluding hydrogens is 259 g/mol. The molecule has 6 heteroatoms. The molecule has 1 aromatic carbocycles. The molecule has 108 valence electrons. The summed E-state index contributed by atoms with van der Waals surface area (Å²) in [6.07, 6.45) is -3.99. The summed E-state index contributed by atoms with van der Waals surface area (Å²) in [6, 6.07) is 4.86. The Morgan fingerprint density at radius 3 is 2.74 bits per heavy atom.